The molecule has 0 radical (unpaired) electrons. The first-order chi connectivity index (χ1) is 15.3. The van der Waals surface area contributed by atoms with Crippen LogP contribution in [0.1, 0.15) is 54.4 Å². The van der Waals surface area contributed by atoms with Gasteiger partial charge in [0, 0.05) is 12.5 Å². The van der Waals surface area contributed by atoms with Crippen LogP contribution in [0.4, 0.5) is 0 Å². The van der Waals surface area contributed by atoms with Crippen LogP contribution >= 0.6 is 0 Å². The molecule has 2 aromatic carbocycles. The summed E-state index contributed by atoms with van der Waals surface area (Å²) in [5.74, 6) is 0.251. The molecule has 2 aromatic rings. The van der Waals surface area contributed by atoms with E-state index in [0.29, 0.717) is 0 Å². The van der Waals surface area contributed by atoms with Crippen LogP contribution in [-0.2, 0) is 8.85 Å². The van der Waals surface area contributed by atoms with Crippen LogP contribution in [0.5, 0.6) is 0 Å². The molecule has 1 aliphatic carbocycles. The molecule has 0 aliphatic heterocycles. The van der Waals surface area contributed by atoms with Crippen molar-refractivity contribution in [1.29, 1.82) is 0 Å². The molecule has 180 valence electrons. The second kappa shape index (κ2) is 9.65. The smallest absolute Gasteiger partial charge is 0.261 e. The van der Waals surface area contributed by atoms with Crippen molar-refractivity contribution in [3.05, 3.63) is 72.8 Å². The molecule has 0 amide bonds. The third kappa shape index (κ3) is 5.29. The molecule has 1 aliphatic rings. The molecular formula is C29H44O2Si2. The van der Waals surface area contributed by atoms with Crippen LogP contribution in [0.15, 0.2) is 72.8 Å². The van der Waals surface area contributed by atoms with Gasteiger partial charge in [-0.15, -0.1) is 0 Å². The minimum Gasteiger partial charge on any atom is -0.416 e. The Morgan fingerprint density at radius 3 is 1.73 bits per heavy atom. The lowest BCUT2D eigenvalue weighted by Crippen LogP contribution is -2.68. The quantitative estimate of drug-likeness (QED) is 0.316. The van der Waals surface area contributed by atoms with Crippen LogP contribution in [0.25, 0.3) is 0 Å². The van der Waals surface area contributed by atoms with Gasteiger partial charge >= 0.3 is 0 Å². The number of hydrogen-bond donors (Lipinski definition) is 0. The van der Waals surface area contributed by atoms with E-state index in [0.717, 1.165) is 19.4 Å². The predicted octanol–water partition coefficient (Wildman–Crippen LogP) is 6.92. The van der Waals surface area contributed by atoms with E-state index in [1.54, 1.807) is 0 Å². The predicted molar refractivity (Wildman–Crippen MR) is 148 cm³/mol. The first-order valence-corrected chi connectivity index (χ1v) is 17.2. The maximum atomic E-state index is 7.48. The van der Waals surface area contributed by atoms with E-state index < -0.39 is 16.6 Å². The minimum absolute atomic E-state index is 0.0233. The van der Waals surface area contributed by atoms with Gasteiger partial charge < -0.3 is 8.85 Å². The van der Waals surface area contributed by atoms with Crippen molar-refractivity contribution in [1.82, 2.24) is 0 Å². The molecule has 0 saturated heterocycles. The summed E-state index contributed by atoms with van der Waals surface area (Å²) in [6.07, 6.45) is 2.18. The highest BCUT2D eigenvalue weighted by Gasteiger charge is 2.53. The lowest BCUT2D eigenvalue weighted by Gasteiger charge is -2.46. The summed E-state index contributed by atoms with van der Waals surface area (Å²) in [4.78, 5) is 0. The molecule has 0 bridgehead atoms. The van der Waals surface area contributed by atoms with Crippen molar-refractivity contribution in [3.63, 3.8) is 0 Å². The summed E-state index contributed by atoms with van der Waals surface area (Å²) >= 11 is 0. The Hall–Kier alpha value is -1.47. The highest BCUT2D eigenvalue weighted by molar-refractivity contribution is 6.99. The second-order valence-electron chi connectivity index (χ2n) is 12.2. The van der Waals surface area contributed by atoms with E-state index >= 15 is 0 Å². The number of benzene rings is 2. The zero-order valence-corrected chi connectivity index (χ0v) is 24.1. The Bertz CT molecular complexity index is 884. The molecule has 0 N–H and O–H groups in total. The summed E-state index contributed by atoms with van der Waals surface area (Å²) in [7, 11) is -4.42. The molecule has 1 fully saturated rings. The van der Waals surface area contributed by atoms with E-state index in [-0.39, 0.29) is 22.1 Å². The maximum Gasteiger partial charge on any atom is 0.261 e. The Kier molecular flexibility index (Phi) is 7.65. The minimum atomic E-state index is -2.58. The van der Waals surface area contributed by atoms with Crippen molar-refractivity contribution in [2.24, 2.45) is 5.92 Å². The average Bonchev–Trinajstić information content (AvgIpc) is 3.09. The van der Waals surface area contributed by atoms with Gasteiger partial charge in [0.15, 0.2) is 8.32 Å². The van der Waals surface area contributed by atoms with E-state index in [2.05, 4.69) is 122 Å². The topological polar surface area (TPSA) is 18.5 Å². The monoisotopic (exact) mass is 480 g/mol. The van der Waals surface area contributed by atoms with Crippen molar-refractivity contribution in [2.75, 3.05) is 6.61 Å². The van der Waals surface area contributed by atoms with Crippen LogP contribution in [-0.4, -0.2) is 29.3 Å². The molecule has 4 heteroatoms. The first kappa shape index (κ1) is 26.1. The molecule has 2 nitrogen and oxygen atoms in total. The lowest BCUT2D eigenvalue weighted by molar-refractivity contribution is 0.117. The van der Waals surface area contributed by atoms with Crippen molar-refractivity contribution in [2.45, 2.75) is 83.7 Å². The Labute approximate surface area is 204 Å². The van der Waals surface area contributed by atoms with E-state index in [9.17, 15) is 0 Å². The summed E-state index contributed by atoms with van der Waals surface area (Å²) in [6, 6.07) is 21.9. The fraction of sp³-hybridized carbons (Fsp3) is 0.517. The van der Waals surface area contributed by atoms with Gasteiger partial charge in [-0.25, -0.2) is 0 Å². The molecule has 1 saturated carbocycles. The summed E-state index contributed by atoms with van der Waals surface area (Å²) in [6.45, 7) is 23.8. The van der Waals surface area contributed by atoms with Gasteiger partial charge in [0.05, 0.1) is 6.10 Å². The molecule has 0 heterocycles. The van der Waals surface area contributed by atoms with Gasteiger partial charge in [0.2, 0.25) is 0 Å². The van der Waals surface area contributed by atoms with E-state index in [1.165, 1.54) is 15.9 Å². The van der Waals surface area contributed by atoms with E-state index in [1.807, 2.05) is 0 Å². The molecule has 3 rings (SSSR count). The zero-order chi connectivity index (χ0) is 24.5. The normalized spacial score (nSPS) is 20.3. The van der Waals surface area contributed by atoms with Gasteiger partial charge in [-0.3, -0.25) is 0 Å². The molecule has 33 heavy (non-hydrogen) atoms. The van der Waals surface area contributed by atoms with Crippen LogP contribution < -0.4 is 10.4 Å². The van der Waals surface area contributed by atoms with Crippen molar-refractivity contribution in [3.8, 4) is 0 Å². The fourth-order valence-electron chi connectivity index (χ4n) is 4.78. The highest BCUT2D eigenvalue weighted by Crippen LogP contribution is 2.43. The van der Waals surface area contributed by atoms with Gasteiger partial charge in [-0.2, -0.15) is 0 Å². The van der Waals surface area contributed by atoms with Crippen molar-refractivity contribution < 1.29 is 8.85 Å². The summed E-state index contributed by atoms with van der Waals surface area (Å²) in [5, 5.41) is 2.85. The lowest BCUT2D eigenvalue weighted by atomic mass is 10.0. The van der Waals surface area contributed by atoms with Gasteiger partial charge in [-0.05, 0) is 46.4 Å². The number of hydrogen-bond acceptors (Lipinski definition) is 2. The third-order valence-corrected chi connectivity index (χ3v) is 17.5. The number of rotatable bonds is 7. The molecule has 2 atom stereocenters. The van der Waals surface area contributed by atoms with Gasteiger partial charge in [0.1, 0.15) is 0 Å². The van der Waals surface area contributed by atoms with Gasteiger partial charge in [-0.1, -0.05) is 114 Å². The Balaban J connectivity index is 2.01. The maximum absolute atomic E-state index is 7.48. The molecule has 0 spiro atoms. The molecule has 0 aromatic heterocycles. The highest BCUT2D eigenvalue weighted by atomic mass is 28.4. The Morgan fingerprint density at radius 2 is 1.30 bits per heavy atom. The first-order valence-electron chi connectivity index (χ1n) is 12.4. The summed E-state index contributed by atoms with van der Waals surface area (Å²) < 4.78 is 14.2. The average molecular weight is 481 g/mol. The fourth-order valence-corrected chi connectivity index (χ4v) is 10.6. The third-order valence-electron chi connectivity index (χ3n) is 7.90. The molecule has 2 unspecified atom stereocenters. The Morgan fingerprint density at radius 1 is 0.818 bits per heavy atom. The largest absolute Gasteiger partial charge is 0.416 e. The van der Waals surface area contributed by atoms with Crippen LogP contribution in [0, 0.1) is 5.92 Å². The van der Waals surface area contributed by atoms with Gasteiger partial charge in [0.25, 0.3) is 8.32 Å². The van der Waals surface area contributed by atoms with Crippen molar-refractivity contribution >= 4 is 27.0 Å². The zero-order valence-electron chi connectivity index (χ0n) is 22.1. The SMILES string of the molecule is C=C1CCC(O[Si](c2ccccc2)(c2ccccc2)C(C)(C)C)C1CO[Si](C)(C)C(C)(C)C. The summed E-state index contributed by atoms with van der Waals surface area (Å²) in [5.41, 5.74) is 1.29. The second-order valence-corrected chi connectivity index (χ2v) is 21.3. The van der Waals surface area contributed by atoms with Crippen LogP contribution in [0.3, 0.4) is 0 Å². The standard InChI is InChI=1S/C29H44O2Si2/c1-23-20-21-27(26(23)22-30-32(8,9)28(2,3)4)31-33(29(5,6)7,24-16-12-10-13-17-24)25-18-14-11-15-19-25/h10-19,26-27H,1,20-22H2,2-9H3. The molecular weight excluding hydrogens is 436 g/mol. The van der Waals surface area contributed by atoms with E-state index in [4.69, 9.17) is 8.85 Å². The van der Waals surface area contributed by atoms with Crippen LogP contribution in [0.2, 0.25) is 23.2 Å².